The lowest BCUT2D eigenvalue weighted by molar-refractivity contribution is -0.116. The van der Waals surface area contributed by atoms with E-state index in [2.05, 4.69) is 5.32 Å². The Balaban J connectivity index is 2.39. The van der Waals surface area contributed by atoms with Gasteiger partial charge in [-0.1, -0.05) is 46.4 Å². The number of nitrogens with zero attached hydrogens (tertiary/aromatic N) is 1. The highest BCUT2D eigenvalue weighted by Crippen LogP contribution is 2.32. The molecular formula is C16H14Cl4N2O3S. The number of hydrogen-bond acceptors (Lipinski definition) is 3. The Bertz CT molecular complexity index is 930. The van der Waals surface area contributed by atoms with Crippen molar-refractivity contribution in [1.29, 1.82) is 0 Å². The molecule has 2 aromatic rings. The van der Waals surface area contributed by atoms with Gasteiger partial charge in [-0.25, -0.2) is 8.42 Å². The second kappa shape index (κ2) is 8.23. The second-order valence-electron chi connectivity index (χ2n) is 5.48. The number of halogens is 4. The lowest BCUT2D eigenvalue weighted by Gasteiger charge is -2.29. The van der Waals surface area contributed by atoms with Gasteiger partial charge in [-0.15, -0.1) is 0 Å². The molecule has 0 bridgehead atoms. The summed E-state index contributed by atoms with van der Waals surface area (Å²) in [5.41, 5.74) is 0.443. The van der Waals surface area contributed by atoms with Crippen molar-refractivity contribution in [2.45, 2.75) is 13.0 Å². The van der Waals surface area contributed by atoms with E-state index in [0.717, 1.165) is 10.6 Å². The molecule has 1 amide bonds. The molecule has 2 rings (SSSR count). The van der Waals surface area contributed by atoms with Crippen LogP contribution in [0.2, 0.25) is 20.1 Å². The third kappa shape index (κ3) is 5.18. The Morgan fingerprint density at radius 2 is 1.58 bits per heavy atom. The molecular weight excluding hydrogens is 442 g/mol. The van der Waals surface area contributed by atoms with Crippen LogP contribution in [0, 0.1) is 0 Å². The molecule has 0 heterocycles. The van der Waals surface area contributed by atoms with Crippen LogP contribution in [-0.2, 0) is 14.8 Å². The highest BCUT2D eigenvalue weighted by molar-refractivity contribution is 7.92. The average Bonchev–Trinajstić information content (AvgIpc) is 2.48. The molecule has 0 aliphatic carbocycles. The summed E-state index contributed by atoms with van der Waals surface area (Å²) < 4.78 is 25.5. The number of sulfonamides is 1. The summed E-state index contributed by atoms with van der Waals surface area (Å²) in [7, 11) is -3.83. The molecule has 2 aromatic carbocycles. The van der Waals surface area contributed by atoms with Gasteiger partial charge in [0.25, 0.3) is 0 Å². The van der Waals surface area contributed by atoms with Gasteiger partial charge in [-0.2, -0.15) is 0 Å². The fraction of sp³-hybridized carbons (Fsp3) is 0.188. The Morgan fingerprint density at radius 1 is 1.00 bits per heavy atom. The van der Waals surface area contributed by atoms with Crippen molar-refractivity contribution in [3.63, 3.8) is 0 Å². The van der Waals surface area contributed by atoms with Gasteiger partial charge in [0.15, 0.2) is 0 Å². The lowest BCUT2D eigenvalue weighted by atomic mass is 10.2. The maximum atomic E-state index is 12.6. The van der Waals surface area contributed by atoms with Gasteiger partial charge in [0.2, 0.25) is 15.9 Å². The second-order valence-corrected chi connectivity index (χ2v) is 9.05. The summed E-state index contributed by atoms with van der Waals surface area (Å²) in [5, 5.41) is 3.68. The van der Waals surface area contributed by atoms with Gasteiger partial charge in [-0.05, 0) is 43.3 Å². The molecule has 0 saturated carbocycles. The van der Waals surface area contributed by atoms with Gasteiger partial charge in [-0.3, -0.25) is 9.10 Å². The number of carbonyl (C=O) groups excluding carboxylic acids is 1. The highest BCUT2D eigenvalue weighted by atomic mass is 35.5. The van der Waals surface area contributed by atoms with E-state index in [-0.39, 0.29) is 15.7 Å². The molecule has 0 aliphatic rings. The minimum atomic E-state index is -3.83. The van der Waals surface area contributed by atoms with Crippen molar-refractivity contribution in [2.24, 2.45) is 0 Å². The van der Waals surface area contributed by atoms with Gasteiger partial charge in [0.1, 0.15) is 6.04 Å². The molecule has 26 heavy (non-hydrogen) atoms. The van der Waals surface area contributed by atoms with Crippen LogP contribution in [0.15, 0.2) is 36.4 Å². The van der Waals surface area contributed by atoms with Crippen LogP contribution >= 0.6 is 46.4 Å². The van der Waals surface area contributed by atoms with Crippen molar-refractivity contribution in [1.82, 2.24) is 0 Å². The van der Waals surface area contributed by atoms with Crippen LogP contribution in [0.3, 0.4) is 0 Å². The average molecular weight is 456 g/mol. The molecule has 0 aromatic heterocycles. The van der Waals surface area contributed by atoms with Crippen molar-refractivity contribution < 1.29 is 13.2 Å². The number of rotatable bonds is 5. The first-order chi connectivity index (χ1) is 12.0. The molecule has 1 N–H and O–H groups in total. The quantitative estimate of drug-likeness (QED) is 0.682. The molecule has 0 saturated heterocycles. The zero-order chi connectivity index (χ0) is 19.6. The fourth-order valence-electron chi connectivity index (χ4n) is 2.31. The summed E-state index contributed by atoms with van der Waals surface area (Å²) >= 11 is 23.9. The van der Waals surface area contributed by atoms with Crippen LogP contribution in [0.4, 0.5) is 11.4 Å². The third-order valence-electron chi connectivity index (χ3n) is 3.36. The number of hydrogen-bond donors (Lipinski definition) is 1. The number of benzene rings is 2. The van der Waals surface area contributed by atoms with Gasteiger partial charge in [0, 0.05) is 20.8 Å². The Hall–Kier alpha value is -1.18. The Labute approximate surface area is 171 Å². The van der Waals surface area contributed by atoms with Crippen molar-refractivity contribution >= 4 is 73.7 Å². The van der Waals surface area contributed by atoms with Crippen LogP contribution in [-0.4, -0.2) is 26.6 Å². The normalized spacial score (nSPS) is 12.5. The molecule has 0 unspecified atom stereocenters. The number of anilines is 2. The minimum absolute atomic E-state index is 0.105. The molecule has 140 valence electrons. The zero-order valence-corrected chi connectivity index (χ0v) is 17.5. The lowest BCUT2D eigenvalue weighted by Crippen LogP contribution is -2.45. The summed E-state index contributed by atoms with van der Waals surface area (Å²) in [5.74, 6) is -0.593. The van der Waals surface area contributed by atoms with E-state index >= 15 is 0 Å². The van der Waals surface area contributed by atoms with E-state index in [4.69, 9.17) is 46.4 Å². The number of carbonyl (C=O) groups is 1. The molecule has 1 atom stereocenters. The fourth-order valence-corrected chi connectivity index (χ4v) is 4.44. The maximum Gasteiger partial charge on any atom is 0.247 e. The summed E-state index contributed by atoms with van der Waals surface area (Å²) in [4.78, 5) is 12.6. The molecule has 0 fully saturated rings. The standard InChI is InChI=1S/C16H14Cl4N2O3S/c1-9(16(23)21-13-6-11(18)5-12(19)7-13)22(26(2,24)25)15-8-10(17)3-4-14(15)20/h3-9H,1-2H3,(H,21,23)/t9-/m0/s1. The number of nitrogens with one attached hydrogen (secondary N) is 1. The largest absolute Gasteiger partial charge is 0.324 e. The van der Waals surface area contributed by atoms with Gasteiger partial charge in [0.05, 0.1) is 17.0 Å². The molecule has 0 radical (unpaired) electrons. The monoisotopic (exact) mass is 454 g/mol. The molecule has 5 nitrogen and oxygen atoms in total. The highest BCUT2D eigenvalue weighted by Gasteiger charge is 2.31. The van der Waals surface area contributed by atoms with Crippen LogP contribution in [0.25, 0.3) is 0 Å². The van der Waals surface area contributed by atoms with E-state index < -0.39 is 22.0 Å². The first kappa shape index (κ1) is 21.1. The van der Waals surface area contributed by atoms with Crippen LogP contribution in [0.1, 0.15) is 6.92 Å². The summed E-state index contributed by atoms with van der Waals surface area (Å²) in [6.45, 7) is 1.43. The predicted octanol–water partition coefficient (Wildman–Crippen LogP) is 5.09. The summed E-state index contributed by atoms with van der Waals surface area (Å²) in [6.07, 6.45) is 0.976. The molecule has 0 spiro atoms. The first-order valence-corrected chi connectivity index (χ1v) is 10.6. The maximum absolute atomic E-state index is 12.6. The van der Waals surface area contributed by atoms with E-state index in [1.807, 2.05) is 0 Å². The van der Waals surface area contributed by atoms with Gasteiger partial charge >= 0.3 is 0 Å². The zero-order valence-electron chi connectivity index (χ0n) is 13.6. The van der Waals surface area contributed by atoms with Crippen LogP contribution < -0.4 is 9.62 Å². The van der Waals surface area contributed by atoms with Crippen molar-refractivity contribution in [3.8, 4) is 0 Å². The SMILES string of the molecule is C[C@@H](C(=O)Nc1cc(Cl)cc(Cl)c1)N(c1cc(Cl)ccc1Cl)S(C)(=O)=O. The van der Waals surface area contributed by atoms with E-state index in [9.17, 15) is 13.2 Å². The predicted molar refractivity (Wildman–Crippen MR) is 108 cm³/mol. The topological polar surface area (TPSA) is 66.5 Å². The molecule has 10 heteroatoms. The Morgan fingerprint density at radius 3 is 2.12 bits per heavy atom. The van der Waals surface area contributed by atoms with E-state index in [1.54, 1.807) is 0 Å². The van der Waals surface area contributed by atoms with Crippen molar-refractivity contribution in [3.05, 3.63) is 56.5 Å². The van der Waals surface area contributed by atoms with E-state index in [0.29, 0.717) is 15.7 Å². The van der Waals surface area contributed by atoms with E-state index in [1.165, 1.54) is 43.3 Å². The van der Waals surface area contributed by atoms with Crippen LogP contribution in [0.5, 0.6) is 0 Å². The Kier molecular flexibility index (Phi) is 6.69. The first-order valence-electron chi connectivity index (χ1n) is 7.20. The summed E-state index contributed by atoms with van der Waals surface area (Å²) in [6, 6.07) is 7.75. The number of amides is 1. The van der Waals surface area contributed by atoms with Gasteiger partial charge < -0.3 is 5.32 Å². The van der Waals surface area contributed by atoms with Crippen molar-refractivity contribution in [2.75, 3.05) is 15.9 Å². The minimum Gasteiger partial charge on any atom is -0.324 e. The smallest absolute Gasteiger partial charge is 0.247 e. The third-order valence-corrected chi connectivity index (χ3v) is 5.58. The molecule has 0 aliphatic heterocycles.